The number of hydrogen-bond donors (Lipinski definition) is 2. The number of methoxy groups -OCH3 is 1. The number of hydrogen-bond acceptors (Lipinski definition) is 3. The Labute approximate surface area is 93.0 Å². The molecule has 0 bridgehead atoms. The number of ether oxygens (including phenoxy) is 1. The maximum Gasteiger partial charge on any atom is 0.354 e. The first-order valence-electron chi connectivity index (χ1n) is 4.72. The molecule has 5 nitrogen and oxygen atoms in total. The van der Waals surface area contributed by atoms with E-state index in [2.05, 4.69) is 10.1 Å². The van der Waals surface area contributed by atoms with Gasteiger partial charge in [-0.1, -0.05) is 30.3 Å². The molecule has 0 aromatic heterocycles. The Kier molecular flexibility index (Phi) is 4.47. The van der Waals surface area contributed by atoms with Crippen molar-refractivity contribution in [1.29, 1.82) is 0 Å². The molecule has 0 aliphatic rings. The maximum atomic E-state index is 11.4. The van der Waals surface area contributed by atoms with Crippen LogP contribution in [0.15, 0.2) is 30.3 Å². The minimum atomic E-state index is -1.30. The van der Waals surface area contributed by atoms with E-state index in [1.165, 1.54) is 7.11 Å². The first-order chi connectivity index (χ1) is 7.63. The van der Waals surface area contributed by atoms with E-state index in [0.717, 1.165) is 5.56 Å². The van der Waals surface area contributed by atoms with Crippen molar-refractivity contribution in [2.75, 3.05) is 7.11 Å². The van der Waals surface area contributed by atoms with Crippen molar-refractivity contribution >= 4 is 11.9 Å². The highest BCUT2D eigenvalue weighted by Crippen LogP contribution is 1.99. The summed E-state index contributed by atoms with van der Waals surface area (Å²) in [5, 5.41) is 10.9. The Morgan fingerprint density at radius 3 is 2.50 bits per heavy atom. The van der Waals surface area contributed by atoms with Gasteiger partial charge in [-0.3, -0.25) is 4.79 Å². The summed E-state index contributed by atoms with van der Waals surface area (Å²) in [6, 6.07) is 9.06. The van der Waals surface area contributed by atoms with Crippen LogP contribution in [0.25, 0.3) is 0 Å². The second-order valence-corrected chi connectivity index (χ2v) is 3.18. The van der Waals surface area contributed by atoms with Gasteiger partial charge in [0.25, 0.3) is 0 Å². The molecule has 1 rings (SSSR count). The van der Waals surface area contributed by atoms with Crippen molar-refractivity contribution in [2.24, 2.45) is 0 Å². The largest absolute Gasteiger partial charge is 0.478 e. The van der Waals surface area contributed by atoms with E-state index in [1.54, 1.807) is 12.1 Å². The lowest BCUT2D eigenvalue weighted by Gasteiger charge is -2.12. The summed E-state index contributed by atoms with van der Waals surface area (Å²) in [6.07, 6.45) is -1.16. The topological polar surface area (TPSA) is 75.6 Å². The van der Waals surface area contributed by atoms with Crippen LogP contribution >= 0.6 is 0 Å². The van der Waals surface area contributed by atoms with Crippen LogP contribution in [0.2, 0.25) is 0 Å². The van der Waals surface area contributed by atoms with Gasteiger partial charge in [-0.25, -0.2) is 4.79 Å². The van der Waals surface area contributed by atoms with E-state index < -0.39 is 12.2 Å². The molecule has 1 aromatic carbocycles. The second-order valence-electron chi connectivity index (χ2n) is 3.18. The van der Waals surface area contributed by atoms with Gasteiger partial charge in [0.05, 0.1) is 6.42 Å². The highest BCUT2D eigenvalue weighted by Gasteiger charge is 2.18. The summed E-state index contributed by atoms with van der Waals surface area (Å²) < 4.78 is 4.59. The SMILES string of the molecule is COC(NC(=O)Cc1ccccc1)C(=O)O. The van der Waals surface area contributed by atoms with E-state index in [-0.39, 0.29) is 12.3 Å². The van der Waals surface area contributed by atoms with Crippen molar-refractivity contribution in [2.45, 2.75) is 12.6 Å². The first kappa shape index (κ1) is 12.2. The number of amides is 1. The lowest BCUT2D eigenvalue weighted by molar-refractivity contribution is -0.153. The van der Waals surface area contributed by atoms with Gasteiger partial charge in [-0.05, 0) is 5.56 Å². The standard InChI is InChI=1S/C11H13NO4/c1-16-10(11(14)15)12-9(13)7-8-5-3-2-4-6-8/h2-6,10H,7H2,1H3,(H,12,13)(H,14,15). The molecular weight excluding hydrogens is 210 g/mol. The van der Waals surface area contributed by atoms with Gasteiger partial charge in [0.2, 0.25) is 12.1 Å². The summed E-state index contributed by atoms with van der Waals surface area (Å²) in [6.45, 7) is 0. The Morgan fingerprint density at radius 1 is 1.38 bits per heavy atom. The molecule has 5 heteroatoms. The third-order valence-corrected chi connectivity index (χ3v) is 1.96. The van der Waals surface area contributed by atoms with Crippen molar-refractivity contribution in [3.63, 3.8) is 0 Å². The second kappa shape index (κ2) is 5.87. The number of carbonyl (C=O) groups excluding carboxylic acids is 1. The molecule has 1 unspecified atom stereocenters. The molecule has 2 N–H and O–H groups in total. The summed E-state index contributed by atoms with van der Waals surface area (Å²) in [7, 11) is 1.22. The van der Waals surface area contributed by atoms with Gasteiger partial charge < -0.3 is 15.2 Å². The van der Waals surface area contributed by atoms with Crippen LogP contribution < -0.4 is 5.32 Å². The van der Waals surface area contributed by atoms with E-state index >= 15 is 0 Å². The van der Waals surface area contributed by atoms with Gasteiger partial charge in [-0.2, -0.15) is 0 Å². The molecule has 0 saturated carbocycles. The fraction of sp³-hybridized carbons (Fsp3) is 0.273. The van der Waals surface area contributed by atoms with E-state index in [1.807, 2.05) is 18.2 Å². The average Bonchev–Trinajstić information content (AvgIpc) is 2.27. The number of carboxylic acid groups (broad SMARTS) is 1. The molecule has 0 radical (unpaired) electrons. The van der Waals surface area contributed by atoms with E-state index in [4.69, 9.17) is 5.11 Å². The van der Waals surface area contributed by atoms with Crippen molar-refractivity contribution in [1.82, 2.24) is 5.32 Å². The number of benzene rings is 1. The predicted octanol–water partition coefficient (Wildman–Crippen LogP) is 0.402. The molecule has 0 aliphatic heterocycles. The molecule has 1 atom stereocenters. The van der Waals surface area contributed by atoms with Crippen LogP contribution in [0, 0.1) is 0 Å². The van der Waals surface area contributed by atoms with Gasteiger partial charge in [0.15, 0.2) is 0 Å². The molecule has 86 valence electrons. The van der Waals surface area contributed by atoms with Crippen LogP contribution in [0.1, 0.15) is 5.56 Å². The lowest BCUT2D eigenvalue weighted by Crippen LogP contribution is -2.42. The smallest absolute Gasteiger partial charge is 0.354 e. The molecule has 0 aliphatic carbocycles. The Balaban J connectivity index is 2.50. The fourth-order valence-corrected chi connectivity index (χ4v) is 1.20. The van der Waals surface area contributed by atoms with Crippen LogP contribution in [-0.2, 0) is 20.7 Å². The van der Waals surface area contributed by atoms with Crippen LogP contribution in [0.5, 0.6) is 0 Å². The Hall–Kier alpha value is -1.88. The fourth-order valence-electron chi connectivity index (χ4n) is 1.20. The Bertz CT molecular complexity index is 364. The summed E-state index contributed by atoms with van der Waals surface area (Å²) in [5.41, 5.74) is 0.820. The maximum absolute atomic E-state index is 11.4. The molecule has 16 heavy (non-hydrogen) atoms. The predicted molar refractivity (Wildman–Crippen MR) is 56.7 cm³/mol. The first-order valence-corrected chi connectivity index (χ1v) is 4.72. The average molecular weight is 223 g/mol. The van der Waals surface area contributed by atoms with Crippen LogP contribution in [0.3, 0.4) is 0 Å². The summed E-state index contributed by atoms with van der Waals surface area (Å²) >= 11 is 0. The van der Waals surface area contributed by atoms with Crippen molar-refractivity contribution < 1.29 is 19.4 Å². The van der Waals surface area contributed by atoms with Crippen LogP contribution in [0.4, 0.5) is 0 Å². The Morgan fingerprint density at radius 2 is 2.00 bits per heavy atom. The number of carbonyl (C=O) groups is 2. The summed E-state index contributed by atoms with van der Waals surface area (Å²) in [5.74, 6) is -1.61. The van der Waals surface area contributed by atoms with Gasteiger partial charge >= 0.3 is 5.97 Å². The third-order valence-electron chi connectivity index (χ3n) is 1.96. The minimum Gasteiger partial charge on any atom is -0.478 e. The van der Waals surface area contributed by atoms with E-state index in [9.17, 15) is 9.59 Å². The molecular formula is C11H13NO4. The monoisotopic (exact) mass is 223 g/mol. The molecule has 0 heterocycles. The van der Waals surface area contributed by atoms with Gasteiger partial charge in [0, 0.05) is 7.11 Å². The zero-order chi connectivity index (χ0) is 12.0. The third kappa shape index (κ3) is 3.70. The number of nitrogens with one attached hydrogen (secondary N) is 1. The molecule has 1 aromatic rings. The number of carboxylic acids is 1. The zero-order valence-corrected chi connectivity index (χ0v) is 8.84. The molecule has 0 saturated heterocycles. The normalized spacial score (nSPS) is 11.8. The zero-order valence-electron chi connectivity index (χ0n) is 8.84. The lowest BCUT2D eigenvalue weighted by atomic mass is 10.1. The minimum absolute atomic E-state index is 0.133. The van der Waals surface area contributed by atoms with Gasteiger partial charge in [-0.15, -0.1) is 0 Å². The molecule has 0 spiro atoms. The van der Waals surface area contributed by atoms with Crippen LogP contribution in [-0.4, -0.2) is 30.3 Å². The van der Waals surface area contributed by atoms with Crippen molar-refractivity contribution in [3.8, 4) is 0 Å². The van der Waals surface area contributed by atoms with Gasteiger partial charge in [0.1, 0.15) is 0 Å². The highest BCUT2D eigenvalue weighted by molar-refractivity contribution is 5.83. The highest BCUT2D eigenvalue weighted by atomic mass is 16.5. The van der Waals surface area contributed by atoms with Crippen molar-refractivity contribution in [3.05, 3.63) is 35.9 Å². The van der Waals surface area contributed by atoms with E-state index in [0.29, 0.717) is 0 Å². The molecule has 0 fully saturated rings. The number of aliphatic carboxylic acids is 1. The number of rotatable bonds is 5. The molecule has 1 amide bonds. The summed E-state index contributed by atoms with van der Waals surface area (Å²) in [4.78, 5) is 22.0. The quantitative estimate of drug-likeness (QED) is 0.708.